The van der Waals surface area contributed by atoms with E-state index in [2.05, 4.69) is 31.4 Å². The number of hydrogen-bond acceptors (Lipinski definition) is 2. The third kappa shape index (κ3) is 5.36. The zero-order valence-electron chi connectivity index (χ0n) is 11.3. The minimum Gasteiger partial charge on any atom is -0.491 e. The van der Waals surface area contributed by atoms with E-state index in [1.54, 1.807) is 0 Å². The molecule has 4 heteroatoms. The van der Waals surface area contributed by atoms with Crippen LogP contribution in [-0.2, 0) is 0 Å². The Morgan fingerprint density at radius 1 is 1.39 bits per heavy atom. The summed E-state index contributed by atoms with van der Waals surface area (Å²) in [6.45, 7) is 7.16. The molecule has 0 saturated heterocycles. The van der Waals surface area contributed by atoms with Crippen LogP contribution < -0.4 is 15.4 Å². The van der Waals surface area contributed by atoms with E-state index < -0.39 is 0 Å². The van der Waals surface area contributed by atoms with E-state index in [-0.39, 0.29) is 6.10 Å². The minimum atomic E-state index is 0.227. The molecule has 1 unspecified atom stereocenters. The van der Waals surface area contributed by atoms with Gasteiger partial charge in [0.2, 0.25) is 0 Å². The molecule has 0 bridgehead atoms. The molecule has 0 aliphatic heterocycles. The van der Waals surface area contributed by atoms with Crippen molar-refractivity contribution in [1.29, 1.82) is 0 Å². The maximum absolute atomic E-state index is 5.76. The van der Waals surface area contributed by atoms with Crippen LogP contribution in [0.5, 0.6) is 5.75 Å². The van der Waals surface area contributed by atoms with E-state index in [9.17, 15) is 0 Å². The summed E-state index contributed by atoms with van der Waals surface area (Å²) in [4.78, 5) is 0. The Hall–Kier alpha value is -1.29. The number of rotatable bonds is 6. The zero-order chi connectivity index (χ0) is 13.4. The topological polar surface area (TPSA) is 33.3 Å². The molecular weight excluding hydrogens is 244 g/mol. The molecule has 3 nitrogen and oxygen atoms in total. The third-order valence-electron chi connectivity index (χ3n) is 2.54. The Kier molecular flexibility index (Phi) is 6.50. The van der Waals surface area contributed by atoms with Crippen LogP contribution in [0, 0.1) is 0 Å². The van der Waals surface area contributed by atoms with Crippen LogP contribution >= 0.6 is 12.2 Å². The zero-order valence-corrected chi connectivity index (χ0v) is 12.1. The smallest absolute Gasteiger partial charge is 0.170 e. The lowest BCUT2D eigenvalue weighted by Gasteiger charge is -2.14. The van der Waals surface area contributed by atoms with Crippen LogP contribution in [-0.4, -0.2) is 17.8 Å². The van der Waals surface area contributed by atoms with E-state index in [4.69, 9.17) is 17.0 Å². The normalized spacial score (nSPS) is 11.7. The van der Waals surface area contributed by atoms with Gasteiger partial charge in [-0.25, -0.2) is 0 Å². The second-order valence-corrected chi connectivity index (χ2v) is 4.65. The molecule has 100 valence electrons. The molecule has 0 aromatic heterocycles. The first-order chi connectivity index (χ1) is 8.65. The number of anilines is 1. The Morgan fingerprint density at radius 3 is 2.83 bits per heavy atom. The van der Waals surface area contributed by atoms with Gasteiger partial charge < -0.3 is 15.4 Å². The van der Waals surface area contributed by atoms with Crippen LogP contribution in [0.3, 0.4) is 0 Å². The van der Waals surface area contributed by atoms with Gasteiger partial charge in [-0.3, -0.25) is 0 Å². The highest BCUT2D eigenvalue weighted by atomic mass is 32.1. The fraction of sp³-hybridized carbons (Fsp3) is 0.500. The highest BCUT2D eigenvalue weighted by molar-refractivity contribution is 7.80. The van der Waals surface area contributed by atoms with Crippen molar-refractivity contribution in [2.45, 2.75) is 39.7 Å². The number of hydrogen-bond donors (Lipinski definition) is 2. The first kappa shape index (κ1) is 14.8. The predicted octanol–water partition coefficient (Wildman–Crippen LogP) is 3.56. The van der Waals surface area contributed by atoms with Crippen molar-refractivity contribution in [2.75, 3.05) is 11.9 Å². The summed E-state index contributed by atoms with van der Waals surface area (Å²) in [6.07, 6.45) is 2.28. The van der Waals surface area contributed by atoms with E-state index in [1.165, 1.54) is 0 Å². The van der Waals surface area contributed by atoms with Crippen molar-refractivity contribution in [1.82, 2.24) is 5.32 Å². The Balaban J connectivity index is 2.56. The Labute approximate surface area is 115 Å². The van der Waals surface area contributed by atoms with Gasteiger partial charge in [-0.2, -0.15) is 0 Å². The molecule has 1 atom stereocenters. The van der Waals surface area contributed by atoms with Crippen molar-refractivity contribution < 1.29 is 4.74 Å². The quantitative estimate of drug-likeness (QED) is 0.771. The van der Waals surface area contributed by atoms with Gasteiger partial charge in [-0.1, -0.05) is 19.9 Å². The van der Waals surface area contributed by atoms with Crippen molar-refractivity contribution in [3.8, 4) is 5.75 Å². The van der Waals surface area contributed by atoms with Gasteiger partial charge >= 0.3 is 0 Å². The predicted molar refractivity (Wildman–Crippen MR) is 81.3 cm³/mol. The van der Waals surface area contributed by atoms with E-state index in [0.717, 1.165) is 30.8 Å². The summed E-state index contributed by atoms with van der Waals surface area (Å²) >= 11 is 5.19. The summed E-state index contributed by atoms with van der Waals surface area (Å²) in [5.41, 5.74) is 0.949. The molecule has 2 N–H and O–H groups in total. The molecule has 18 heavy (non-hydrogen) atoms. The summed E-state index contributed by atoms with van der Waals surface area (Å²) in [6, 6.07) is 7.86. The molecule has 0 aliphatic carbocycles. The Bertz CT molecular complexity index is 382. The summed E-state index contributed by atoms with van der Waals surface area (Å²) in [7, 11) is 0. The molecule has 0 amide bonds. The first-order valence-electron chi connectivity index (χ1n) is 6.47. The monoisotopic (exact) mass is 266 g/mol. The van der Waals surface area contributed by atoms with Crippen LogP contribution in [0.25, 0.3) is 0 Å². The fourth-order valence-corrected chi connectivity index (χ4v) is 1.60. The average Bonchev–Trinajstić information content (AvgIpc) is 2.36. The van der Waals surface area contributed by atoms with Crippen molar-refractivity contribution in [3.63, 3.8) is 0 Å². The van der Waals surface area contributed by atoms with E-state index >= 15 is 0 Å². The highest BCUT2D eigenvalue weighted by Gasteiger charge is 2.02. The highest BCUT2D eigenvalue weighted by Crippen LogP contribution is 2.19. The molecule has 0 aliphatic rings. The van der Waals surface area contributed by atoms with Crippen molar-refractivity contribution in [2.24, 2.45) is 0 Å². The van der Waals surface area contributed by atoms with Crippen LogP contribution in [0.4, 0.5) is 5.69 Å². The number of ether oxygens (including phenoxy) is 1. The van der Waals surface area contributed by atoms with Crippen LogP contribution in [0.2, 0.25) is 0 Å². The van der Waals surface area contributed by atoms with Crippen LogP contribution in [0.15, 0.2) is 24.3 Å². The van der Waals surface area contributed by atoms with Gasteiger partial charge in [0.05, 0.1) is 6.10 Å². The average molecular weight is 266 g/mol. The largest absolute Gasteiger partial charge is 0.491 e. The van der Waals surface area contributed by atoms with E-state index in [0.29, 0.717) is 5.11 Å². The maximum Gasteiger partial charge on any atom is 0.170 e. The molecule has 0 fully saturated rings. The molecular formula is C14H22N2OS. The summed E-state index contributed by atoms with van der Waals surface area (Å²) in [5.74, 6) is 0.868. The van der Waals surface area contributed by atoms with Crippen molar-refractivity contribution in [3.05, 3.63) is 24.3 Å². The number of nitrogens with one attached hydrogen (secondary N) is 2. The third-order valence-corrected chi connectivity index (χ3v) is 2.79. The van der Waals surface area contributed by atoms with Gasteiger partial charge in [-0.15, -0.1) is 0 Å². The lowest BCUT2D eigenvalue weighted by molar-refractivity contribution is 0.217. The number of benzene rings is 1. The van der Waals surface area contributed by atoms with E-state index in [1.807, 2.05) is 24.3 Å². The molecule has 0 saturated carbocycles. The molecule has 0 heterocycles. The molecule has 1 aromatic rings. The van der Waals surface area contributed by atoms with Gasteiger partial charge in [0, 0.05) is 18.3 Å². The first-order valence-corrected chi connectivity index (χ1v) is 6.88. The van der Waals surface area contributed by atoms with Gasteiger partial charge in [-0.05, 0) is 44.1 Å². The molecule has 0 spiro atoms. The number of thiocarbonyl (C=S) groups is 1. The standard InChI is InChI=1S/C14H22N2OS/c1-4-9-15-14(18)16-12-7-6-8-13(10-12)17-11(3)5-2/h6-8,10-11H,4-5,9H2,1-3H3,(H2,15,16,18). The fourth-order valence-electron chi connectivity index (χ4n) is 1.38. The van der Waals surface area contributed by atoms with Gasteiger partial charge in [0.15, 0.2) is 5.11 Å². The second-order valence-electron chi connectivity index (χ2n) is 4.25. The summed E-state index contributed by atoms with van der Waals surface area (Å²) < 4.78 is 5.76. The van der Waals surface area contributed by atoms with Gasteiger partial charge in [0.1, 0.15) is 5.75 Å². The SMILES string of the molecule is CCCNC(=S)Nc1cccc(OC(C)CC)c1. The second kappa shape index (κ2) is 7.93. The summed E-state index contributed by atoms with van der Waals surface area (Å²) in [5, 5.41) is 6.93. The molecule has 1 aromatic carbocycles. The minimum absolute atomic E-state index is 0.227. The molecule has 0 radical (unpaired) electrons. The van der Waals surface area contributed by atoms with Gasteiger partial charge in [0.25, 0.3) is 0 Å². The maximum atomic E-state index is 5.76. The lowest BCUT2D eigenvalue weighted by atomic mass is 10.3. The van der Waals surface area contributed by atoms with Crippen molar-refractivity contribution >= 4 is 23.0 Å². The molecule has 1 rings (SSSR count). The lowest BCUT2D eigenvalue weighted by Crippen LogP contribution is -2.28. The van der Waals surface area contributed by atoms with Crippen LogP contribution in [0.1, 0.15) is 33.6 Å². The Morgan fingerprint density at radius 2 is 2.17 bits per heavy atom.